The molecule has 0 aliphatic carbocycles. The summed E-state index contributed by atoms with van der Waals surface area (Å²) >= 11 is 0. The molecule has 0 aliphatic rings. The van der Waals surface area contributed by atoms with Crippen molar-refractivity contribution in [2.75, 3.05) is 40.0 Å². The Morgan fingerprint density at radius 1 is 1.29 bits per heavy atom. The topological polar surface area (TPSA) is 75.7 Å². The van der Waals surface area contributed by atoms with Gasteiger partial charge < -0.3 is 15.0 Å². The third-order valence-electron chi connectivity index (χ3n) is 2.91. The number of likely N-dealkylation sites (N-methyl/N-ethyl adjacent to an activating group) is 2. The second-order valence-electron chi connectivity index (χ2n) is 4.79. The first kappa shape index (κ1) is 17.5. The molecule has 1 amide bonds. The van der Waals surface area contributed by atoms with Gasteiger partial charge in [0.15, 0.2) is 9.84 Å². The second-order valence-corrected chi connectivity index (χ2v) is 6.81. The number of amides is 1. The van der Waals surface area contributed by atoms with Crippen LogP contribution in [-0.2, 0) is 14.6 Å². The summed E-state index contributed by atoms with van der Waals surface area (Å²) in [7, 11) is 0.305. The van der Waals surface area contributed by atoms with Crippen LogP contribution in [0.5, 0.6) is 5.75 Å². The van der Waals surface area contributed by atoms with Gasteiger partial charge in [0.05, 0.1) is 18.0 Å². The van der Waals surface area contributed by atoms with E-state index in [0.717, 1.165) is 0 Å². The SMILES string of the molecule is CNCC(=O)N(C)CCCOc1ccc(S(C)(=O)=O)cc1. The van der Waals surface area contributed by atoms with Crippen molar-refractivity contribution in [1.29, 1.82) is 0 Å². The normalized spacial score (nSPS) is 11.2. The van der Waals surface area contributed by atoms with Crippen LogP contribution in [0.1, 0.15) is 6.42 Å². The standard InChI is InChI=1S/C14H22N2O4S/c1-15-11-14(17)16(2)9-4-10-20-12-5-7-13(8-6-12)21(3,18)19/h5-8,15H,4,9-11H2,1-3H3. The minimum absolute atomic E-state index is 0.0370. The predicted octanol–water partition coefficient (Wildman–Crippen LogP) is 0.537. The highest BCUT2D eigenvalue weighted by molar-refractivity contribution is 7.90. The molecule has 0 bridgehead atoms. The first-order valence-electron chi connectivity index (χ1n) is 6.66. The zero-order chi connectivity index (χ0) is 15.9. The molecule has 0 saturated carbocycles. The molecular formula is C14H22N2O4S. The summed E-state index contributed by atoms with van der Waals surface area (Å²) < 4.78 is 28.1. The zero-order valence-electron chi connectivity index (χ0n) is 12.6. The number of ether oxygens (including phenoxy) is 1. The van der Waals surface area contributed by atoms with E-state index in [1.165, 1.54) is 18.4 Å². The Bertz CT molecular complexity index is 555. The van der Waals surface area contributed by atoms with E-state index >= 15 is 0 Å². The average Bonchev–Trinajstić information content (AvgIpc) is 2.43. The molecule has 0 saturated heterocycles. The van der Waals surface area contributed by atoms with Crippen LogP contribution in [0.4, 0.5) is 0 Å². The van der Waals surface area contributed by atoms with Crippen molar-refractivity contribution in [2.45, 2.75) is 11.3 Å². The van der Waals surface area contributed by atoms with E-state index in [1.807, 2.05) is 0 Å². The fourth-order valence-corrected chi connectivity index (χ4v) is 2.32. The number of benzene rings is 1. The highest BCUT2D eigenvalue weighted by Gasteiger charge is 2.08. The van der Waals surface area contributed by atoms with Crippen molar-refractivity contribution in [3.8, 4) is 5.75 Å². The maximum absolute atomic E-state index is 11.5. The number of hydrogen-bond donors (Lipinski definition) is 1. The van der Waals surface area contributed by atoms with Crippen LogP contribution in [0.3, 0.4) is 0 Å². The van der Waals surface area contributed by atoms with E-state index in [-0.39, 0.29) is 10.8 Å². The summed E-state index contributed by atoms with van der Waals surface area (Å²) in [5, 5.41) is 2.81. The smallest absolute Gasteiger partial charge is 0.236 e. The number of hydrogen-bond acceptors (Lipinski definition) is 5. The molecule has 1 aromatic carbocycles. The Morgan fingerprint density at radius 2 is 1.90 bits per heavy atom. The predicted molar refractivity (Wildman–Crippen MR) is 81.2 cm³/mol. The van der Waals surface area contributed by atoms with Gasteiger partial charge in [0.1, 0.15) is 5.75 Å². The Balaban J connectivity index is 2.35. The number of nitrogens with one attached hydrogen (secondary N) is 1. The number of rotatable bonds is 8. The highest BCUT2D eigenvalue weighted by atomic mass is 32.2. The monoisotopic (exact) mass is 314 g/mol. The Labute approximate surface area is 126 Å². The van der Waals surface area contributed by atoms with Crippen LogP contribution >= 0.6 is 0 Å². The van der Waals surface area contributed by atoms with Gasteiger partial charge in [-0.05, 0) is 37.7 Å². The van der Waals surface area contributed by atoms with E-state index in [2.05, 4.69) is 5.32 Å². The van der Waals surface area contributed by atoms with Crippen LogP contribution in [0.25, 0.3) is 0 Å². The Kier molecular flexibility index (Phi) is 6.64. The molecule has 0 radical (unpaired) electrons. The molecule has 0 unspecified atom stereocenters. The summed E-state index contributed by atoms with van der Waals surface area (Å²) in [5.74, 6) is 0.654. The van der Waals surface area contributed by atoms with Gasteiger partial charge in [0.25, 0.3) is 0 Å². The lowest BCUT2D eigenvalue weighted by Crippen LogP contribution is -2.35. The summed E-state index contributed by atoms with van der Waals surface area (Å²) in [6, 6.07) is 6.30. The Hall–Kier alpha value is -1.60. The number of carbonyl (C=O) groups excluding carboxylic acids is 1. The van der Waals surface area contributed by atoms with E-state index in [0.29, 0.717) is 31.9 Å². The molecule has 118 valence electrons. The van der Waals surface area contributed by atoms with Crippen LogP contribution in [-0.4, -0.2) is 59.3 Å². The zero-order valence-corrected chi connectivity index (χ0v) is 13.4. The van der Waals surface area contributed by atoms with Crippen molar-refractivity contribution >= 4 is 15.7 Å². The molecule has 0 heterocycles. The summed E-state index contributed by atoms with van der Waals surface area (Å²) in [6.45, 7) is 1.40. The lowest BCUT2D eigenvalue weighted by molar-refractivity contribution is -0.128. The van der Waals surface area contributed by atoms with Crippen molar-refractivity contribution in [1.82, 2.24) is 10.2 Å². The number of nitrogens with zero attached hydrogens (tertiary/aromatic N) is 1. The number of sulfone groups is 1. The van der Waals surface area contributed by atoms with Crippen molar-refractivity contribution in [3.05, 3.63) is 24.3 Å². The largest absolute Gasteiger partial charge is 0.494 e. The van der Waals surface area contributed by atoms with Crippen molar-refractivity contribution in [2.24, 2.45) is 0 Å². The molecule has 7 heteroatoms. The van der Waals surface area contributed by atoms with Gasteiger partial charge in [-0.2, -0.15) is 0 Å². The van der Waals surface area contributed by atoms with Gasteiger partial charge in [-0.1, -0.05) is 0 Å². The van der Waals surface area contributed by atoms with E-state index in [1.54, 1.807) is 31.1 Å². The van der Waals surface area contributed by atoms with Crippen LogP contribution in [0.15, 0.2) is 29.2 Å². The fourth-order valence-electron chi connectivity index (χ4n) is 1.69. The Morgan fingerprint density at radius 3 is 2.43 bits per heavy atom. The molecule has 21 heavy (non-hydrogen) atoms. The maximum atomic E-state index is 11.5. The minimum Gasteiger partial charge on any atom is -0.494 e. The summed E-state index contributed by atoms with van der Waals surface area (Å²) in [4.78, 5) is 13.4. The minimum atomic E-state index is -3.18. The molecule has 0 aromatic heterocycles. The van der Waals surface area contributed by atoms with Gasteiger partial charge in [-0.25, -0.2) is 8.42 Å². The summed E-state index contributed by atoms with van der Waals surface area (Å²) in [5.41, 5.74) is 0. The van der Waals surface area contributed by atoms with Crippen LogP contribution in [0, 0.1) is 0 Å². The lowest BCUT2D eigenvalue weighted by atomic mass is 10.3. The molecule has 1 aromatic rings. The van der Waals surface area contributed by atoms with Gasteiger partial charge in [-0.3, -0.25) is 4.79 Å². The van der Waals surface area contributed by atoms with Gasteiger partial charge in [0.2, 0.25) is 5.91 Å². The maximum Gasteiger partial charge on any atom is 0.236 e. The quantitative estimate of drug-likeness (QED) is 0.709. The highest BCUT2D eigenvalue weighted by Crippen LogP contribution is 2.15. The van der Waals surface area contributed by atoms with Crippen LogP contribution < -0.4 is 10.1 Å². The fraction of sp³-hybridized carbons (Fsp3) is 0.500. The third kappa shape index (κ3) is 6.14. The van der Waals surface area contributed by atoms with Crippen LogP contribution in [0.2, 0.25) is 0 Å². The average molecular weight is 314 g/mol. The van der Waals surface area contributed by atoms with Crippen molar-refractivity contribution in [3.63, 3.8) is 0 Å². The molecule has 0 atom stereocenters. The van der Waals surface area contributed by atoms with Crippen molar-refractivity contribution < 1.29 is 17.9 Å². The van der Waals surface area contributed by atoms with Gasteiger partial charge in [0, 0.05) is 19.8 Å². The molecule has 1 N–H and O–H groups in total. The molecule has 0 aliphatic heterocycles. The first-order chi connectivity index (χ1) is 9.84. The van der Waals surface area contributed by atoms with E-state index < -0.39 is 9.84 Å². The first-order valence-corrected chi connectivity index (χ1v) is 8.55. The molecule has 0 spiro atoms. The number of carbonyl (C=O) groups is 1. The summed E-state index contributed by atoms with van der Waals surface area (Å²) in [6.07, 6.45) is 1.88. The third-order valence-corrected chi connectivity index (χ3v) is 4.04. The second kappa shape index (κ2) is 7.99. The van der Waals surface area contributed by atoms with E-state index in [4.69, 9.17) is 4.74 Å². The molecular weight excluding hydrogens is 292 g/mol. The molecule has 6 nitrogen and oxygen atoms in total. The lowest BCUT2D eigenvalue weighted by Gasteiger charge is -2.17. The molecule has 1 rings (SSSR count). The van der Waals surface area contributed by atoms with Gasteiger partial charge >= 0.3 is 0 Å². The van der Waals surface area contributed by atoms with E-state index in [9.17, 15) is 13.2 Å². The molecule has 0 fully saturated rings. The van der Waals surface area contributed by atoms with Gasteiger partial charge in [-0.15, -0.1) is 0 Å².